The van der Waals surface area contributed by atoms with Gasteiger partial charge in [0.15, 0.2) is 0 Å². The Bertz CT molecular complexity index is 469. The van der Waals surface area contributed by atoms with E-state index in [1.54, 1.807) is 18.7 Å². The van der Waals surface area contributed by atoms with Crippen LogP contribution < -0.4 is 10.2 Å². The van der Waals surface area contributed by atoms with Crippen molar-refractivity contribution in [3.8, 4) is 0 Å². The molecule has 0 aromatic heterocycles. The quantitative estimate of drug-likeness (QED) is 0.848. The van der Waals surface area contributed by atoms with Gasteiger partial charge in [0.25, 0.3) is 0 Å². The molecule has 0 unspecified atom stereocenters. The Morgan fingerprint density at radius 1 is 1.24 bits per heavy atom. The van der Waals surface area contributed by atoms with Gasteiger partial charge >= 0.3 is 6.03 Å². The van der Waals surface area contributed by atoms with Crippen LogP contribution in [-0.4, -0.2) is 48.3 Å². The largest absolute Gasteiger partial charge is 0.389 e. The lowest BCUT2D eigenvalue weighted by Crippen LogP contribution is -2.44. The molecule has 0 spiro atoms. The zero-order valence-corrected chi connectivity index (χ0v) is 13.7. The third kappa shape index (κ3) is 5.27. The van der Waals surface area contributed by atoms with Crippen molar-refractivity contribution in [1.82, 2.24) is 4.90 Å². The summed E-state index contributed by atoms with van der Waals surface area (Å²) in [5, 5.41) is 12.8. The van der Waals surface area contributed by atoms with Crippen LogP contribution in [-0.2, 0) is 0 Å². The molecule has 5 nitrogen and oxygen atoms in total. The van der Waals surface area contributed by atoms with Gasteiger partial charge in [-0.1, -0.05) is 12.1 Å². The van der Waals surface area contributed by atoms with Crippen molar-refractivity contribution in [2.75, 3.05) is 36.9 Å². The van der Waals surface area contributed by atoms with E-state index in [1.807, 2.05) is 38.2 Å². The van der Waals surface area contributed by atoms with Gasteiger partial charge in [0.2, 0.25) is 0 Å². The molecule has 0 heterocycles. The van der Waals surface area contributed by atoms with Gasteiger partial charge in [-0.2, -0.15) is 0 Å². The lowest BCUT2D eigenvalue weighted by Gasteiger charge is -2.29. The number of likely N-dealkylation sites (N-methyl/N-ethyl adjacent to an activating group) is 1. The third-order valence-corrected chi connectivity index (χ3v) is 3.28. The summed E-state index contributed by atoms with van der Waals surface area (Å²) >= 11 is 0. The monoisotopic (exact) mass is 293 g/mol. The fourth-order valence-electron chi connectivity index (χ4n) is 2.07. The number of carbonyl (C=O) groups is 1. The van der Waals surface area contributed by atoms with Crippen molar-refractivity contribution in [1.29, 1.82) is 0 Å². The van der Waals surface area contributed by atoms with Gasteiger partial charge in [-0.05, 0) is 39.8 Å². The Balaban J connectivity index is 2.87. The third-order valence-electron chi connectivity index (χ3n) is 3.28. The van der Waals surface area contributed by atoms with Gasteiger partial charge in [-0.25, -0.2) is 4.79 Å². The Labute approximate surface area is 127 Å². The number of rotatable bonds is 6. The van der Waals surface area contributed by atoms with E-state index in [9.17, 15) is 9.90 Å². The van der Waals surface area contributed by atoms with Crippen LogP contribution in [0, 0.1) is 0 Å². The summed E-state index contributed by atoms with van der Waals surface area (Å²) in [7, 11) is 1.99. The van der Waals surface area contributed by atoms with E-state index >= 15 is 0 Å². The summed E-state index contributed by atoms with van der Waals surface area (Å²) in [6.45, 7) is 9.04. The van der Waals surface area contributed by atoms with Crippen LogP contribution >= 0.6 is 0 Å². The first kappa shape index (κ1) is 17.3. The first-order valence-corrected chi connectivity index (χ1v) is 7.37. The zero-order valence-electron chi connectivity index (χ0n) is 13.7. The minimum absolute atomic E-state index is 0.198. The van der Waals surface area contributed by atoms with Gasteiger partial charge in [-0.15, -0.1) is 0 Å². The smallest absolute Gasteiger partial charge is 0.321 e. The number of benzene rings is 1. The van der Waals surface area contributed by atoms with Crippen molar-refractivity contribution in [3.05, 3.63) is 24.3 Å². The van der Waals surface area contributed by atoms with Crippen LogP contribution in [0.2, 0.25) is 0 Å². The van der Waals surface area contributed by atoms with Crippen molar-refractivity contribution in [3.63, 3.8) is 0 Å². The number of anilines is 2. The summed E-state index contributed by atoms with van der Waals surface area (Å²) in [5.41, 5.74) is 0.848. The van der Waals surface area contributed by atoms with Crippen LogP contribution in [0.1, 0.15) is 27.7 Å². The molecular weight excluding hydrogens is 266 g/mol. The van der Waals surface area contributed by atoms with Crippen molar-refractivity contribution < 1.29 is 9.90 Å². The molecule has 2 amide bonds. The lowest BCUT2D eigenvalue weighted by atomic mass is 10.1. The highest BCUT2D eigenvalue weighted by Gasteiger charge is 2.22. The predicted octanol–water partition coefficient (Wildman–Crippen LogP) is 2.77. The minimum Gasteiger partial charge on any atom is -0.389 e. The maximum absolute atomic E-state index is 12.4. The maximum atomic E-state index is 12.4. The molecule has 0 aliphatic carbocycles. The molecule has 118 valence electrons. The molecule has 21 heavy (non-hydrogen) atoms. The second kappa shape index (κ2) is 7.31. The summed E-state index contributed by atoms with van der Waals surface area (Å²) < 4.78 is 0. The first-order chi connectivity index (χ1) is 9.78. The second-order valence-corrected chi connectivity index (χ2v) is 5.79. The summed E-state index contributed by atoms with van der Waals surface area (Å²) in [6, 6.07) is 7.51. The van der Waals surface area contributed by atoms with Gasteiger partial charge in [-0.3, -0.25) is 0 Å². The van der Waals surface area contributed by atoms with E-state index in [1.165, 1.54) is 0 Å². The Morgan fingerprint density at radius 2 is 1.86 bits per heavy atom. The van der Waals surface area contributed by atoms with E-state index in [0.717, 1.165) is 17.9 Å². The van der Waals surface area contributed by atoms with E-state index < -0.39 is 5.60 Å². The molecule has 0 aliphatic heterocycles. The summed E-state index contributed by atoms with van der Waals surface area (Å²) in [6.07, 6.45) is 0. The molecular formula is C16H27N3O2. The first-order valence-electron chi connectivity index (χ1n) is 7.37. The molecule has 1 aromatic rings. The van der Waals surface area contributed by atoms with Crippen LogP contribution in [0.25, 0.3) is 0 Å². The number of para-hydroxylation sites is 2. The standard InChI is InChI=1S/C16H27N3O2/c1-6-18(5)14-11-9-8-10-13(14)17-15(20)19(7-2)12-16(3,4)21/h8-11,21H,6-7,12H2,1-5H3,(H,17,20). The molecule has 1 aromatic carbocycles. The highest BCUT2D eigenvalue weighted by Crippen LogP contribution is 2.24. The summed E-state index contributed by atoms with van der Waals surface area (Å²) in [4.78, 5) is 16.0. The minimum atomic E-state index is -0.910. The van der Waals surface area contributed by atoms with Gasteiger partial charge < -0.3 is 20.2 Å². The van der Waals surface area contributed by atoms with E-state index in [0.29, 0.717) is 13.1 Å². The average Bonchev–Trinajstić information content (AvgIpc) is 2.43. The molecule has 0 saturated heterocycles. The fourth-order valence-corrected chi connectivity index (χ4v) is 2.07. The van der Waals surface area contributed by atoms with Crippen LogP contribution in [0.5, 0.6) is 0 Å². The number of aliphatic hydroxyl groups is 1. The molecule has 0 atom stereocenters. The molecule has 0 saturated carbocycles. The Morgan fingerprint density at radius 3 is 2.38 bits per heavy atom. The SMILES string of the molecule is CCN(CC(C)(C)O)C(=O)Nc1ccccc1N(C)CC. The number of urea groups is 1. The van der Waals surface area contributed by atoms with Crippen molar-refractivity contribution in [2.45, 2.75) is 33.3 Å². The van der Waals surface area contributed by atoms with Crippen LogP contribution in [0.4, 0.5) is 16.2 Å². The van der Waals surface area contributed by atoms with Crippen molar-refractivity contribution in [2.24, 2.45) is 0 Å². The van der Waals surface area contributed by atoms with Crippen LogP contribution in [0.3, 0.4) is 0 Å². The van der Waals surface area contributed by atoms with E-state index in [2.05, 4.69) is 17.1 Å². The Hall–Kier alpha value is -1.75. The molecule has 5 heteroatoms. The highest BCUT2D eigenvalue weighted by atomic mass is 16.3. The maximum Gasteiger partial charge on any atom is 0.321 e. The topological polar surface area (TPSA) is 55.8 Å². The highest BCUT2D eigenvalue weighted by molar-refractivity contribution is 5.93. The number of hydrogen-bond donors (Lipinski definition) is 2. The van der Waals surface area contributed by atoms with Gasteiger partial charge in [0.05, 0.1) is 23.5 Å². The number of amides is 2. The normalized spacial score (nSPS) is 11.1. The molecule has 0 bridgehead atoms. The van der Waals surface area contributed by atoms with Crippen molar-refractivity contribution >= 4 is 17.4 Å². The predicted molar refractivity (Wildman–Crippen MR) is 87.9 cm³/mol. The summed E-state index contributed by atoms with van der Waals surface area (Å²) in [5.74, 6) is 0. The Kier molecular flexibility index (Phi) is 6.03. The number of carbonyl (C=O) groups excluding carboxylic acids is 1. The number of nitrogens with one attached hydrogen (secondary N) is 1. The molecule has 0 aliphatic rings. The number of nitrogens with zero attached hydrogens (tertiary/aromatic N) is 2. The zero-order chi connectivity index (χ0) is 16.0. The molecule has 2 N–H and O–H groups in total. The average molecular weight is 293 g/mol. The molecule has 1 rings (SSSR count). The fraction of sp³-hybridized carbons (Fsp3) is 0.562. The molecule has 0 radical (unpaired) electrons. The van der Waals surface area contributed by atoms with Gasteiger partial charge in [0.1, 0.15) is 0 Å². The van der Waals surface area contributed by atoms with Gasteiger partial charge in [0, 0.05) is 20.1 Å². The number of hydrogen-bond acceptors (Lipinski definition) is 3. The second-order valence-electron chi connectivity index (χ2n) is 5.79. The van der Waals surface area contributed by atoms with E-state index in [-0.39, 0.29) is 6.03 Å². The lowest BCUT2D eigenvalue weighted by molar-refractivity contribution is 0.0501. The van der Waals surface area contributed by atoms with Crippen LogP contribution in [0.15, 0.2) is 24.3 Å². The molecule has 0 fully saturated rings. The van der Waals surface area contributed by atoms with E-state index in [4.69, 9.17) is 0 Å².